The van der Waals surface area contributed by atoms with Crippen molar-refractivity contribution in [3.63, 3.8) is 0 Å². The van der Waals surface area contributed by atoms with Crippen LogP contribution in [0.4, 0.5) is 8.78 Å². The topological polar surface area (TPSA) is 84.5 Å². The lowest BCUT2D eigenvalue weighted by molar-refractivity contribution is -0.117. The maximum atomic E-state index is 14.4. The van der Waals surface area contributed by atoms with Crippen LogP contribution in [-0.4, -0.2) is 34.0 Å². The van der Waals surface area contributed by atoms with E-state index in [1.165, 1.54) is 0 Å². The minimum absolute atomic E-state index is 0.00910. The van der Waals surface area contributed by atoms with Crippen molar-refractivity contribution in [1.29, 1.82) is 0 Å². The molecule has 0 spiro atoms. The molecule has 30 heavy (non-hydrogen) atoms. The van der Waals surface area contributed by atoms with E-state index in [0.717, 1.165) is 25.5 Å². The summed E-state index contributed by atoms with van der Waals surface area (Å²) in [6, 6.07) is 8.67. The highest BCUT2D eigenvalue weighted by atomic mass is 35.5. The molecule has 1 aliphatic heterocycles. The van der Waals surface area contributed by atoms with Crippen molar-refractivity contribution in [1.82, 2.24) is 10.0 Å². The number of hydrogen-bond acceptors (Lipinski definition) is 5. The van der Waals surface area contributed by atoms with Crippen LogP contribution in [0.5, 0.6) is 5.75 Å². The zero-order valence-corrected chi connectivity index (χ0v) is 17.7. The van der Waals surface area contributed by atoms with Gasteiger partial charge in [0.05, 0.1) is 6.61 Å². The Kier molecular flexibility index (Phi) is 6.95. The van der Waals surface area contributed by atoms with Crippen molar-refractivity contribution in [2.24, 2.45) is 5.92 Å². The number of piperidine rings is 1. The van der Waals surface area contributed by atoms with Gasteiger partial charge in [0.15, 0.2) is 11.6 Å². The fraction of sp³-hybridized carbons (Fsp3) is 0.350. The molecular formula is C20H21ClF2N2O4S. The maximum absolute atomic E-state index is 14.4. The molecule has 2 aromatic carbocycles. The molecule has 2 N–H and O–H groups in total. The zero-order chi connectivity index (χ0) is 21.9. The molecule has 0 radical (unpaired) electrons. The highest BCUT2D eigenvalue weighted by molar-refractivity contribution is 7.90. The van der Waals surface area contributed by atoms with Crippen LogP contribution in [0, 0.1) is 17.6 Å². The van der Waals surface area contributed by atoms with Crippen molar-refractivity contribution in [2.75, 3.05) is 19.7 Å². The Morgan fingerprint density at radius 1 is 1.23 bits per heavy atom. The Bertz CT molecular complexity index is 1030. The van der Waals surface area contributed by atoms with E-state index in [9.17, 15) is 22.0 Å². The zero-order valence-electron chi connectivity index (χ0n) is 16.1. The minimum Gasteiger partial charge on any atom is -0.490 e. The number of benzene rings is 2. The van der Waals surface area contributed by atoms with Gasteiger partial charge in [0.1, 0.15) is 10.7 Å². The first kappa shape index (κ1) is 22.5. The Morgan fingerprint density at radius 2 is 1.93 bits per heavy atom. The molecule has 1 aliphatic rings. The number of hydrogen-bond donors (Lipinski definition) is 2. The largest absolute Gasteiger partial charge is 0.490 e. The summed E-state index contributed by atoms with van der Waals surface area (Å²) in [6.07, 6.45) is 0.848. The number of nitrogens with one attached hydrogen (secondary N) is 2. The van der Waals surface area contributed by atoms with Crippen molar-refractivity contribution < 1.29 is 26.7 Å². The van der Waals surface area contributed by atoms with Gasteiger partial charge in [-0.1, -0.05) is 23.7 Å². The first-order chi connectivity index (χ1) is 14.2. The normalized spacial score (nSPS) is 19.3. The van der Waals surface area contributed by atoms with Crippen LogP contribution in [0.15, 0.2) is 41.3 Å². The average Bonchev–Trinajstić information content (AvgIpc) is 2.68. The van der Waals surface area contributed by atoms with E-state index < -0.39 is 38.2 Å². The molecule has 2 atom stereocenters. The van der Waals surface area contributed by atoms with Gasteiger partial charge in [-0.15, -0.1) is 0 Å². The third-order valence-electron chi connectivity index (χ3n) is 4.91. The van der Waals surface area contributed by atoms with Gasteiger partial charge >= 0.3 is 0 Å². The quantitative estimate of drug-likeness (QED) is 0.694. The lowest BCUT2D eigenvalue weighted by Crippen LogP contribution is -2.38. The lowest BCUT2D eigenvalue weighted by Gasteiger charge is -2.32. The van der Waals surface area contributed by atoms with Crippen molar-refractivity contribution in [2.45, 2.75) is 24.2 Å². The summed E-state index contributed by atoms with van der Waals surface area (Å²) in [5.41, 5.74) is 1.08. The highest BCUT2D eigenvalue weighted by Crippen LogP contribution is 2.32. The standard InChI is InChI=1S/C20H21ClF2N2O4S/c1-12(26)25-30(27,28)20-9-17(22)19(8-18(20)23)29-11-14-10-24-7-6-16(14)13-2-4-15(21)5-3-13/h2-5,8-9,14,16,24H,6-7,10-11H2,1H3,(H,25,26). The van der Waals surface area contributed by atoms with Crippen LogP contribution in [0.3, 0.4) is 0 Å². The molecule has 1 heterocycles. The van der Waals surface area contributed by atoms with E-state index in [1.807, 2.05) is 12.1 Å². The molecule has 6 nitrogen and oxygen atoms in total. The van der Waals surface area contributed by atoms with E-state index >= 15 is 0 Å². The Labute approximate surface area is 178 Å². The number of ether oxygens (including phenoxy) is 1. The first-order valence-corrected chi connectivity index (χ1v) is 11.1. The fourth-order valence-electron chi connectivity index (χ4n) is 3.51. The molecule has 0 bridgehead atoms. The second kappa shape index (κ2) is 9.28. The van der Waals surface area contributed by atoms with Crippen LogP contribution < -0.4 is 14.8 Å². The molecule has 1 saturated heterocycles. The number of rotatable bonds is 6. The minimum atomic E-state index is -4.50. The van der Waals surface area contributed by atoms with E-state index in [4.69, 9.17) is 16.3 Å². The number of sulfonamides is 1. The Hall–Kier alpha value is -2.23. The van der Waals surface area contributed by atoms with Crippen molar-refractivity contribution >= 4 is 27.5 Å². The van der Waals surface area contributed by atoms with Gasteiger partial charge < -0.3 is 10.1 Å². The number of carbonyl (C=O) groups is 1. The third kappa shape index (κ3) is 5.27. The van der Waals surface area contributed by atoms with Gasteiger partial charge in [-0.05, 0) is 36.6 Å². The fourth-order valence-corrected chi connectivity index (χ4v) is 4.70. The summed E-state index contributed by atoms with van der Waals surface area (Å²) in [4.78, 5) is 10.0. The molecule has 0 saturated carbocycles. The Morgan fingerprint density at radius 3 is 2.60 bits per heavy atom. The average molecular weight is 459 g/mol. The molecule has 10 heteroatoms. The molecular weight excluding hydrogens is 438 g/mol. The van der Waals surface area contributed by atoms with E-state index in [-0.39, 0.29) is 18.4 Å². The number of amides is 1. The highest BCUT2D eigenvalue weighted by Gasteiger charge is 2.28. The molecule has 2 aromatic rings. The van der Waals surface area contributed by atoms with Gasteiger partial charge in [0.25, 0.3) is 10.0 Å². The van der Waals surface area contributed by atoms with Crippen LogP contribution >= 0.6 is 11.6 Å². The number of halogens is 3. The summed E-state index contributed by atoms with van der Waals surface area (Å²) < 4.78 is 59.8. The lowest BCUT2D eigenvalue weighted by atomic mass is 9.81. The molecule has 1 amide bonds. The summed E-state index contributed by atoms with van der Waals surface area (Å²) in [5, 5.41) is 3.89. The van der Waals surface area contributed by atoms with Gasteiger partial charge in [-0.2, -0.15) is 0 Å². The summed E-state index contributed by atoms with van der Waals surface area (Å²) in [6.45, 7) is 2.52. The van der Waals surface area contributed by atoms with Gasteiger partial charge in [0.2, 0.25) is 5.91 Å². The summed E-state index contributed by atoms with van der Waals surface area (Å²) >= 11 is 5.95. The SMILES string of the molecule is CC(=O)NS(=O)(=O)c1cc(F)c(OCC2CNCCC2c2ccc(Cl)cc2)cc1F. The van der Waals surface area contributed by atoms with E-state index in [2.05, 4.69) is 5.32 Å². The van der Waals surface area contributed by atoms with E-state index in [1.54, 1.807) is 16.9 Å². The smallest absolute Gasteiger partial charge is 0.267 e. The van der Waals surface area contributed by atoms with Crippen LogP contribution in [0.2, 0.25) is 5.02 Å². The van der Waals surface area contributed by atoms with Gasteiger partial charge in [0, 0.05) is 36.5 Å². The second-order valence-corrected chi connectivity index (χ2v) is 9.18. The van der Waals surface area contributed by atoms with Crippen molar-refractivity contribution in [3.05, 3.63) is 58.6 Å². The van der Waals surface area contributed by atoms with Crippen molar-refractivity contribution in [3.8, 4) is 5.75 Å². The van der Waals surface area contributed by atoms with Crippen LogP contribution in [-0.2, 0) is 14.8 Å². The van der Waals surface area contributed by atoms with Gasteiger partial charge in [-0.3, -0.25) is 4.79 Å². The van der Waals surface area contributed by atoms with Crippen LogP contribution in [0.1, 0.15) is 24.8 Å². The third-order valence-corrected chi connectivity index (χ3v) is 6.61. The summed E-state index contributed by atoms with van der Waals surface area (Å²) in [5.74, 6) is -3.41. The summed E-state index contributed by atoms with van der Waals surface area (Å²) in [7, 11) is -4.50. The number of carbonyl (C=O) groups excluding carboxylic acids is 1. The molecule has 162 valence electrons. The van der Waals surface area contributed by atoms with Gasteiger partial charge in [-0.25, -0.2) is 21.9 Å². The molecule has 0 aromatic heterocycles. The predicted molar refractivity (Wildman–Crippen MR) is 108 cm³/mol. The molecule has 1 fully saturated rings. The molecule has 2 unspecified atom stereocenters. The maximum Gasteiger partial charge on any atom is 0.267 e. The predicted octanol–water partition coefficient (Wildman–Crippen LogP) is 3.22. The second-order valence-electron chi connectivity index (χ2n) is 7.10. The van der Waals surface area contributed by atoms with Crippen LogP contribution in [0.25, 0.3) is 0 Å². The van der Waals surface area contributed by atoms with E-state index in [0.29, 0.717) is 23.7 Å². The monoisotopic (exact) mass is 458 g/mol. The first-order valence-electron chi connectivity index (χ1n) is 9.29. The Balaban J connectivity index is 1.76. The molecule has 3 rings (SSSR count). The molecule has 0 aliphatic carbocycles.